The maximum absolute atomic E-state index is 4.44. The van der Waals surface area contributed by atoms with E-state index in [1.807, 2.05) is 12.3 Å². The molecule has 1 heterocycles. The van der Waals surface area contributed by atoms with Crippen molar-refractivity contribution in [1.29, 1.82) is 0 Å². The van der Waals surface area contributed by atoms with Gasteiger partial charge in [-0.15, -0.1) is 0 Å². The molecule has 0 aliphatic carbocycles. The van der Waals surface area contributed by atoms with Crippen LogP contribution in [0.2, 0.25) is 0 Å². The molecule has 0 N–H and O–H groups in total. The molecule has 0 radical (unpaired) electrons. The van der Waals surface area contributed by atoms with Crippen LogP contribution in [0.3, 0.4) is 0 Å². The summed E-state index contributed by atoms with van der Waals surface area (Å²) in [5, 5.41) is 1.19. The molecule has 0 aliphatic rings. The Morgan fingerprint density at radius 2 is 1.57 bits per heavy atom. The van der Waals surface area contributed by atoms with Crippen LogP contribution < -0.4 is 0 Å². The molecule has 3 rings (SSSR count). The molecule has 0 amide bonds. The van der Waals surface area contributed by atoms with E-state index in [1.165, 1.54) is 34.9 Å². The van der Waals surface area contributed by atoms with Gasteiger partial charge in [-0.05, 0) is 47.6 Å². The molecule has 21 heavy (non-hydrogen) atoms. The van der Waals surface area contributed by atoms with Crippen LogP contribution >= 0.6 is 0 Å². The largest absolute Gasteiger partial charge is 0.256 e. The van der Waals surface area contributed by atoms with Gasteiger partial charge in [0.25, 0.3) is 0 Å². The molecule has 0 spiro atoms. The molecule has 0 saturated carbocycles. The number of nitrogens with zero attached hydrogens (tertiary/aromatic N) is 1. The fraction of sp³-hybridized carbons (Fsp3) is 0.250. The van der Waals surface area contributed by atoms with Crippen molar-refractivity contribution in [1.82, 2.24) is 4.98 Å². The van der Waals surface area contributed by atoms with Crippen molar-refractivity contribution in [2.24, 2.45) is 0 Å². The summed E-state index contributed by atoms with van der Waals surface area (Å²) in [6.45, 7) is 4.52. The maximum atomic E-state index is 4.44. The standard InChI is InChI=1S/C20H21N/c1-3-15(4-2)16-7-9-17(10-8-16)19-12-11-18-6-5-13-21-20(18)14-19/h5-15H,3-4H2,1-2H3. The molecule has 1 aromatic heterocycles. The first kappa shape index (κ1) is 13.8. The molecule has 0 unspecified atom stereocenters. The monoisotopic (exact) mass is 275 g/mol. The average molecular weight is 275 g/mol. The van der Waals surface area contributed by atoms with Gasteiger partial charge in [0, 0.05) is 11.6 Å². The zero-order chi connectivity index (χ0) is 14.7. The smallest absolute Gasteiger partial charge is 0.0708 e. The van der Waals surface area contributed by atoms with Crippen molar-refractivity contribution >= 4 is 10.9 Å². The van der Waals surface area contributed by atoms with E-state index in [4.69, 9.17) is 0 Å². The minimum Gasteiger partial charge on any atom is -0.256 e. The van der Waals surface area contributed by atoms with Crippen LogP contribution in [0.15, 0.2) is 60.8 Å². The van der Waals surface area contributed by atoms with E-state index in [0.29, 0.717) is 5.92 Å². The lowest BCUT2D eigenvalue weighted by molar-refractivity contribution is 0.642. The highest BCUT2D eigenvalue weighted by Crippen LogP contribution is 2.27. The van der Waals surface area contributed by atoms with Gasteiger partial charge >= 0.3 is 0 Å². The Hall–Kier alpha value is -2.15. The minimum atomic E-state index is 0.678. The molecule has 1 heteroatoms. The molecule has 0 atom stereocenters. The van der Waals surface area contributed by atoms with E-state index in [0.717, 1.165) is 5.52 Å². The first-order chi connectivity index (χ1) is 10.3. The van der Waals surface area contributed by atoms with E-state index in [-0.39, 0.29) is 0 Å². The minimum absolute atomic E-state index is 0.678. The summed E-state index contributed by atoms with van der Waals surface area (Å²) in [5.74, 6) is 0.678. The first-order valence-electron chi connectivity index (χ1n) is 7.77. The van der Waals surface area contributed by atoms with Gasteiger partial charge in [-0.1, -0.05) is 56.3 Å². The zero-order valence-electron chi connectivity index (χ0n) is 12.7. The normalized spacial score (nSPS) is 11.2. The van der Waals surface area contributed by atoms with Crippen molar-refractivity contribution in [3.05, 3.63) is 66.4 Å². The highest BCUT2D eigenvalue weighted by molar-refractivity contribution is 5.84. The van der Waals surface area contributed by atoms with Gasteiger partial charge in [-0.2, -0.15) is 0 Å². The first-order valence-corrected chi connectivity index (χ1v) is 7.77. The Kier molecular flexibility index (Phi) is 4.01. The van der Waals surface area contributed by atoms with Gasteiger partial charge in [0.05, 0.1) is 5.52 Å². The number of pyridine rings is 1. The van der Waals surface area contributed by atoms with Gasteiger partial charge in [0.1, 0.15) is 0 Å². The summed E-state index contributed by atoms with van der Waals surface area (Å²) < 4.78 is 0. The van der Waals surface area contributed by atoms with Crippen molar-refractivity contribution < 1.29 is 0 Å². The van der Waals surface area contributed by atoms with Crippen LogP contribution in [0.25, 0.3) is 22.0 Å². The predicted molar refractivity (Wildman–Crippen MR) is 90.5 cm³/mol. The molecule has 2 aromatic carbocycles. The number of hydrogen-bond donors (Lipinski definition) is 0. The molecule has 0 fully saturated rings. The third kappa shape index (κ3) is 2.82. The van der Waals surface area contributed by atoms with Crippen LogP contribution in [0.1, 0.15) is 38.2 Å². The fourth-order valence-corrected chi connectivity index (χ4v) is 2.95. The van der Waals surface area contributed by atoms with Gasteiger partial charge in [0.2, 0.25) is 0 Å². The van der Waals surface area contributed by atoms with Crippen molar-refractivity contribution in [2.45, 2.75) is 32.6 Å². The molecule has 1 nitrogen and oxygen atoms in total. The summed E-state index contributed by atoms with van der Waals surface area (Å²) in [5.41, 5.74) is 5.00. The van der Waals surface area contributed by atoms with Gasteiger partial charge in [-0.25, -0.2) is 0 Å². The van der Waals surface area contributed by atoms with Crippen LogP contribution in [0.5, 0.6) is 0 Å². The third-order valence-corrected chi connectivity index (χ3v) is 4.31. The second kappa shape index (κ2) is 6.09. The lowest BCUT2D eigenvalue weighted by Gasteiger charge is -2.13. The highest BCUT2D eigenvalue weighted by atomic mass is 14.6. The van der Waals surface area contributed by atoms with Gasteiger partial charge in [0.15, 0.2) is 0 Å². The lowest BCUT2D eigenvalue weighted by Crippen LogP contribution is -1.94. The molecule has 3 aromatic rings. The Morgan fingerprint density at radius 3 is 2.29 bits per heavy atom. The van der Waals surface area contributed by atoms with Crippen molar-refractivity contribution in [2.75, 3.05) is 0 Å². The van der Waals surface area contributed by atoms with Crippen molar-refractivity contribution in [3.63, 3.8) is 0 Å². The Morgan fingerprint density at radius 1 is 0.857 bits per heavy atom. The van der Waals surface area contributed by atoms with E-state index in [9.17, 15) is 0 Å². The lowest BCUT2D eigenvalue weighted by atomic mass is 9.92. The Labute approximate surface area is 126 Å². The van der Waals surface area contributed by atoms with E-state index >= 15 is 0 Å². The number of hydrogen-bond acceptors (Lipinski definition) is 1. The van der Waals surface area contributed by atoms with E-state index < -0.39 is 0 Å². The van der Waals surface area contributed by atoms with Gasteiger partial charge in [-0.3, -0.25) is 4.98 Å². The van der Waals surface area contributed by atoms with E-state index in [2.05, 4.69) is 67.4 Å². The number of aromatic nitrogens is 1. The second-order valence-corrected chi connectivity index (χ2v) is 5.55. The summed E-state index contributed by atoms with van der Waals surface area (Å²) >= 11 is 0. The van der Waals surface area contributed by atoms with Crippen LogP contribution in [-0.2, 0) is 0 Å². The summed E-state index contributed by atoms with van der Waals surface area (Å²) in [7, 11) is 0. The Bertz CT molecular complexity index is 724. The summed E-state index contributed by atoms with van der Waals surface area (Å²) in [6, 6.07) is 19.6. The van der Waals surface area contributed by atoms with Crippen LogP contribution in [-0.4, -0.2) is 4.98 Å². The summed E-state index contributed by atoms with van der Waals surface area (Å²) in [4.78, 5) is 4.44. The van der Waals surface area contributed by atoms with Gasteiger partial charge < -0.3 is 0 Å². The average Bonchev–Trinajstić information content (AvgIpc) is 2.56. The van der Waals surface area contributed by atoms with E-state index in [1.54, 1.807) is 0 Å². The molecule has 0 aliphatic heterocycles. The number of fused-ring (bicyclic) bond motifs is 1. The number of benzene rings is 2. The Balaban J connectivity index is 1.95. The van der Waals surface area contributed by atoms with Crippen molar-refractivity contribution in [3.8, 4) is 11.1 Å². The molecular formula is C20H21N. The third-order valence-electron chi connectivity index (χ3n) is 4.31. The number of rotatable bonds is 4. The quantitative estimate of drug-likeness (QED) is 0.586. The zero-order valence-corrected chi connectivity index (χ0v) is 12.7. The molecule has 0 saturated heterocycles. The summed E-state index contributed by atoms with van der Waals surface area (Å²) in [6.07, 6.45) is 4.26. The fourth-order valence-electron chi connectivity index (χ4n) is 2.95. The molecule has 106 valence electrons. The SMILES string of the molecule is CCC(CC)c1ccc(-c2ccc3cccnc3c2)cc1. The van der Waals surface area contributed by atoms with Crippen LogP contribution in [0, 0.1) is 0 Å². The highest BCUT2D eigenvalue weighted by Gasteiger charge is 2.07. The molecule has 0 bridgehead atoms. The topological polar surface area (TPSA) is 12.9 Å². The predicted octanol–water partition coefficient (Wildman–Crippen LogP) is 5.81. The second-order valence-electron chi connectivity index (χ2n) is 5.55. The molecular weight excluding hydrogens is 254 g/mol. The maximum Gasteiger partial charge on any atom is 0.0708 e. The van der Waals surface area contributed by atoms with Crippen LogP contribution in [0.4, 0.5) is 0 Å².